The van der Waals surface area contributed by atoms with Gasteiger partial charge in [-0.25, -0.2) is 0 Å². The van der Waals surface area contributed by atoms with Gasteiger partial charge in [-0.2, -0.15) is 0 Å². The van der Waals surface area contributed by atoms with Gasteiger partial charge in [0.25, 0.3) is 0 Å². The van der Waals surface area contributed by atoms with Crippen LogP contribution in [-0.2, 0) is 0 Å². The molecule has 6 aromatic rings. The van der Waals surface area contributed by atoms with Gasteiger partial charge < -0.3 is 19.7 Å². The van der Waals surface area contributed by atoms with E-state index in [9.17, 15) is 10.2 Å². The van der Waals surface area contributed by atoms with E-state index >= 15 is 0 Å². The fourth-order valence-corrected chi connectivity index (χ4v) is 8.18. The molecule has 0 amide bonds. The Kier molecular flexibility index (Phi) is 8.05. The molecule has 2 atom stereocenters. The average Bonchev–Trinajstić information content (AvgIpc) is 3.67. The van der Waals surface area contributed by atoms with E-state index in [0.29, 0.717) is 0 Å². The summed E-state index contributed by atoms with van der Waals surface area (Å²) in [5.74, 6) is 2.09. The number of aliphatic hydroxyl groups is 2. The van der Waals surface area contributed by atoms with Crippen LogP contribution < -0.4 is 9.47 Å². The Morgan fingerprint density at radius 1 is 0.458 bits per heavy atom. The van der Waals surface area contributed by atoms with E-state index in [1.54, 1.807) is 0 Å². The van der Waals surface area contributed by atoms with Gasteiger partial charge in [0.15, 0.2) is 0 Å². The van der Waals surface area contributed by atoms with Gasteiger partial charge in [0, 0.05) is 11.8 Å². The SMILES string of the molecule is CC(C1c2ccccc2-c2cccc(-c3ccc(OCCO)cc3)c21)C1c2ccccc2-c2cccc(-c3ccc(OCCO)cc3)c21. The molecule has 2 unspecified atom stereocenters. The molecule has 4 heteroatoms. The van der Waals surface area contributed by atoms with E-state index in [4.69, 9.17) is 9.47 Å². The van der Waals surface area contributed by atoms with Crippen LogP contribution in [0.5, 0.6) is 11.5 Å². The minimum absolute atomic E-state index is 0.00867. The number of rotatable bonds is 10. The fraction of sp³-hybridized carbons (Fsp3) is 0.182. The van der Waals surface area contributed by atoms with Crippen molar-refractivity contribution < 1.29 is 19.7 Å². The molecular weight excluding hydrogens is 592 g/mol. The molecule has 238 valence electrons. The lowest BCUT2D eigenvalue weighted by atomic mass is 9.71. The molecule has 48 heavy (non-hydrogen) atoms. The van der Waals surface area contributed by atoms with Crippen LogP contribution in [0.1, 0.15) is 41.0 Å². The maximum absolute atomic E-state index is 9.23. The Bertz CT molecular complexity index is 1930. The fourth-order valence-electron chi connectivity index (χ4n) is 8.18. The Balaban J connectivity index is 1.27. The smallest absolute Gasteiger partial charge is 0.119 e. The number of ether oxygens (including phenoxy) is 2. The Morgan fingerprint density at radius 2 is 0.833 bits per heavy atom. The van der Waals surface area contributed by atoms with E-state index in [1.165, 1.54) is 55.6 Å². The molecule has 0 aliphatic heterocycles. The summed E-state index contributed by atoms with van der Waals surface area (Å²) in [7, 11) is 0. The second-order valence-corrected chi connectivity index (χ2v) is 12.7. The minimum atomic E-state index is -0.00867. The van der Waals surface area contributed by atoms with Crippen LogP contribution >= 0.6 is 0 Å². The third kappa shape index (κ3) is 5.09. The van der Waals surface area contributed by atoms with Crippen LogP contribution in [-0.4, -0.2) is 36.6 Å². The highest BCUT2D eigenvalue weighted by atomic mass is 16.5. The zero-order valence-corrected chi connectivity index (χ0v) is 27.0. The summed E-state index contributed by atoms with van der Waals surface area (Å²) in [6.45, 7) is 2.99. The molecule has 0 radical (unpaired) electrons. The largest absolute Gasteiger partial charge is 0.491 e. The molecular formula is C44H38O4. The van der Waals surface area contributed by atoms with E-state index in [1.807, 2.05) is 24.3 Å². The maximum Gasteiger partial charge on any atom is 0.119 e. The van der Waals surface area contributed by atoms with Crippen molar-refractivity contribution >= 4 is 0 Å². The molecule has 0 saturated carbocycles. The monoisotopic (exact) mass is 630 g/mol. The summed E-state index contributed by atoms with van der Waals surface area (Å²) in [4.78, 5) is 0. The normalized spacial score (nSPS) is 16.1. The quantitative estimate of drug-likeness (QED) is 0.158. The van der Waals surface area contributed by atoms with Crippen LogP contribution in [0.2, 0.25) is 0 Å². The topological polar surface area (TPSA) is 58.9 Å². The molecule has 8 rings (SSSR count). The molecule has 2 aliphatic carbocycles. The first kappa shape index (κ1) is 30.2. The molecule has 2 N–H and O–H groups in total. The third-order valence-corrected chi connectivity index (χ3v) is 10.1. The van der Waals surface area contributed by atoms with Gasteiger partial charge in [-0.05, 0) is 96.9 Å². The van der Waals surface area contributed by atoms with Crippen LogP contribution in [0.25, 0.3) is 44.5 Å². The summed E-state index contributed by atoms with van der Waals surface area (Å²) in [6, 6.07) is 47.9. The van der Waals surface area contributed by atoms with Crippen LogP contribution in [0, 0.1) is 5.92 Å². The molecule has 0 bridgehead atoms. The van der Waals surface area contributed by atoms with E-state index in [2.05, 4.69) is 116 Å². The standard InChI is InChI=1S/C44H38O4/c1-28(41-37-10-4-2-8-35(37)39-14-6-12-33(43(39)41)29-16-20-31(21-17-29)47-26-24-45)42-38-11-5-3-9-36(38)40-15-7-13-34(44(40)42)30-18-22-32(23-19-30)48-27-25-46/h2-23,28,41-42,45-46H,24-27H2,1H3. The Labute approximate surface area is 281 Å². The highest BCUT2D eigenvalue weighted by Crippen LogP contribution is 2.59. The lowest BCUT2D eigenvalue weighted by molar-refractivity contribution is 0.201. The number of hydrogen-bond acceptors (Lipinski definition) is 4. The highest BCUT2D eigenvalue weighted by Gasteiger charge is 2.42. The van der Waals surface area contributed by atoms with Gasteiger partial charge in [0.2, 0.25) is 0 Å². The van der Waals surface area contributed by atoms with Crippen LogP contribution in [0.3, 0.4) is 0 Å². The first-order valence-electron chi connectivity index (χ1n) is 16.8. The molecule has 2 aliphatic rings. The summed E-state index contributed by atoms with van der Waals surface area (Å²) >= 11 is 0. The van der Waals surface area contributed by atoms with E-state index in [0.717, 1.165) is 22.6 Å². The zero-order valence-electron chi connectivity index (χ0n) is 27.0. The number of hydrogen-bond donors (Lipinski definition) is 2. The van der Waals surface area contributed by atoms with Crippen molar-refractivity contribution in [1.29, 1.82) is 0 Å². The second-order valence-electron chi connectivity index (χ2n) is 12.7. The first-order valence-corrected chi connectivity index (χ1v) is 16.8. The van der Waals surface area contributed by atoms with Crippen molar-refractivity contribution in [3.63, 3.8) is 0 Å². The number of aliphatic hydroxyl groups excluding tert-OH is 2. The lowest BCUT2D eigenvalue weighted by Gasteiger charge is -2.31. The molecule has 4 nitrogen and oxygen atoms in total. The predicted molar refractivity (Wildman–Crippen MR) is 193 cm³/mol. The van der Waals surface area contributed by atoms with E-state index in [-0.39, 0.29) is 44.2 Å². The van der Waals surface area contributed by atoms with Gasteiger partial charge in [0.05, 0.1) is 13.2 Å². The second kappa shape index (κ2) is 12.8. The summed E-state index contributed by atoms with van der Waals surface area (Å²) in [5.41, 5.74) is 15.5. The summed E-state index contributed by atoms with van der Waals surface area (Å²) in [5, 5.41) is 18.5. The third-order valence-electron chi connectivity index (χ3n) is 10.1. The minimum Gasteiger partial charge on any atom is -0.491 e. The molecule has 0 spiro atoms. The lowest BCUT2D eigenvalue weighted by Crippen LogP contribution is -2.18. The first-order chi connectivity index (χ1) is 23.7. The van der Waals surface area contributed by atoms with Crippen molar-refractivity contribution in [2.24, 2.45) is 5.92 Å². The zero-order chi connectivity index (χ0) is 32.6. The Hall–Kier alpha value is -5.16. The summed E-state index contributed by atoms with van der Waals surface area (Å²) < 4.78 is 11.4. The van der Waals surface area contributed by atoms with Crippen molar-refractivity contribution in [2.45, 2.75) is 18.8 Å². The van der Waals surface area contributed by atoms with Gasteiger partial charge in [-0.1, -0.05) is 116 Å². The van der Waals surface area contributed by atoms with Gasteiger partial charge >= 0.3 is 0 Å². The molecule has 0 saturated heterocycles. The van der Waals surface area contributed by atoms with Crippen LogP contribution in [0.4, 0.5) is 0 Å². The molecule has 6 aromatic carbocycles. The maximum atomic E-state index is 9.23. The number of fused-ring (bicyclic) bond motifs is 6. The Morgan fingerprint density at radius 3 is 1.25 bits per heavy atom. The van der Waals surface area contributed by atoms with Crippen molar-refractivity contribution in [3.8, 4) is 56.0 Å². The van der Waals surface area contributed by atoms with Gasteiger partial charge in [-0.15, -0.1) is 0 Å². The van der Waals surface area contributed by atoms with Gasteiger partial charge in [0.1, 0.15) is 24.7 Å². The van der Waals surface area contributed by atoms with Crippen molar-refractivity contribution in [2.75, 3.05) is 26.4 Å². The molecule has 0 heterocycles. The van der Waals surface area contributed by atoms with Crippen LogP contribution in [0.15, 0.2) is 133 Å². The molecule has 0 aromatic heterocycles. The van der Waals surface area contributed by atoms with Gasteiger partial charge in [-0.3, -0.25) is 0 Å². The van der Waals surface area contributed by atoms with E-state index < -0.39 is 0 Å². The average molecular weight is 631 g/mol. The van der Waals surface area contributed by atoms with Crippen molar-refractivity contribution in [3.05, 3.63) is 156 Å². The predicted octanol–water partition coefficient (Wildman–Crippen LogP) is 9.32. The molecule has 0 fully saturated rings. The highest BCUT2D eigenvalue weighted by molar-refractivity contribution is 5.89. The van der Waals surface area contributed by atoms with Crippen molar-refractivity contribution in [1.82, 2.24) is 0 Å². The summed E-state index contributed by atoms with van der Waals surface area (Å²) in [6.07, 6.45) is 0. The number of benzene rings is 6.